The number of sulfonamides is 1. The number of halogens is 1. The van der Waals surface area contributed by atoms with E-state index in [0.717, 1.165) is 15.9 Å². The summed E-state index contributed by atoms with van der Waals surface area (Å²) in [5, 5.41) is 0. The third kappa shape index (κ3) is 2.92. The third-order valence-corrected chi connectivity index (χ3v) is 5.60. The number of rotatable bonds is 3. The highest BCUT2D eigenvalue weighted by Crippen LogP contribution is 2.26. The number of aromatic nitrogens is 2. The number of fused-ring (bicyclic) bond motifs is 1. The molecule has 3 aromatic rings. The van der Waals surface area contributed by atoms with E-state index in [0.29, 0.717) is 10.3 Å². The summed E-state index contributed by atoms with van der Waals surface area (Å²) in [6.45, 7) is 1.83. The molecule has 8 heteroatoms. The van der Waals surface area contributed by atoms with E-state index in [4.69, 9.17) is 0 Å². The molecule has 108 valence electrons. The van der Waals surface area contributed by atoms with Crippen LogP contribution < -0.4 is 4.72 Å². The first kappa shape index (κ1) is 14.4. The van der Waals surface area contributed by atoms with Crippen molar-refractivity contribution in [1.82, 2.24) is 9.97 Å². The minimum absolute atomic E-state index is 0.201. The van der Waals surface area contributed by atoms with Gasteiger partial charge in [-0.15, -0.1) is 11.3 Å². The van der Waals surface area contributed by atoms with Gasteiger partial charge in [0.1, 0.15) is 4.60 Å². The van der Waals surface area contributed by atoms with Gasteiger partial charge in [0.25, 0.3) is 10.0 Å². The molecule has 0 amide bonds. The number of thiazole rings is 1. The van der Waals surface area contributed by atoms with Gasteiger partial charge in [-0.3, -0.25) is 4.72 Å². The van der Waals surface area contributed by atoms with Crippen molar-refractivity contribution in [2.75, 3.05) is 4.72 Å². The molecule has 0 saturated heterocycles. The summed E-state index contributed by atoms with van der Waals surface area (Å²) in [6.07, 6.45) is 0. The quantitative estimate of drug-likeness (QED) is 0.701. The predicted molar refractivity (Wildman–Crippen MR) is 87.1 cm³/mol. The van der Waals surface area contributed by atoms with E-state index in [1.54, 1.807) is 35.8 Å². The van der Waals surface area contributed by atoms with Crippen molar-refractivity contribution >= 4 is 53.2 Å². The number of hydrogen-bond acceptors (Lipinski definition) is 5. The third-order valence-electron chi connectivity index (χ3n) is 2.85. The molecule has 1 aromatic carbocycles. The van der Waals surface area contributed by atoms with E-state index in [2.05, 4.69) is 30.6 Å². The Kier molecular flexibility index (Phi) is 3.68. The van der Waals surface area contributed by atoms with Crippen LogP contribution in [0, 0.1) is 6.92 Å². The number of nitrogens with zero attached hydrogens (tertiary/aromatic N) is 2. The summed E-state index contributed by atoms with van der Waals surface area (Å²) < 4.78 is 28.7. The average molecular weight is 384 g/mol. The molecule has 5 nitrogen and oxygen atoms in total. The number of benzene rings is 1. The molecule has 0 spiro atoms. The van der Waals surface area contributed by atoms with Crippen molar-refractivity contribution in [1.29, 1.82) is 0 Å². The van der Waals surface area contributed by atoms with Crippen LogP contribution in [0.4, 0.5) is 5.69 Å². The number of pyridine rings is 1. The van der Waals surface area contributed by atoms with Gasteiger partial charge in [-0.05, 0) is 53.2 Å². The van der Waals surface area contributed by atoms with Crippen molar-refractivity contribution in [2.24, 2.45) is 0 Å². The van der Waals surface area contributed by atoms with Crippen LogP contribution in [0.2, 0.25) is 0 Å². The Morgan fingerprint density at radius 2 is 2.05 bits per heavy atom. The van der Waals surface area contributed by atoms with Gasteiger partial charge >= 0.3 is 0 Å². The Morgan fingerprint density at radius 1 is 1.24 bits per heavy atom. The van der Waals surface area contributed by atoms with Gasteiger partial charge in [0.2, 0.25) is 0 Å². The van der Waals surface area contributed by atoms with Crippen LogP contribution in [0.5, 0.6) is 0 Å². The Hall–Kier alpha value is -1.51. The summed E-state index contributed by atoms with van der Waals surface area (Å²) >= 11 is 4.66. The van der Waals surface area contributed by atoms with Gasteiger partial charge in [-0.25, -0.2) is 18.4 Å². The molecule has 0 fully saturated rings. The van der Waals surface area contributed by atoms with Crippen LogP contribution in [0.3, 0.4) is 0 Å². The predicted octanol–water partition coefficient (Wildman–Crippen LogP) is 3.56. The zero-order valence-corrected chi connectivity index (χ0v) is 14.1. The largest absolute Gasteiger partial charge is 0.277 e. The highest BCUT2D eigenvalue weighted by molar-refractivity contribution is 9.10. The molecule has 2 aromatic heterocycles. The van der Waals surface area contributed by atoms with Crippen LogP contribution >= 0.6 is 27.3 Å². The maximum Gasteiger partial charge on any atom is 0.262 e. The molecule has 0 atom stereocenters. The lowest BCUT2D eigenvalue weighted by atomic mass is 10.3. The second kappa shape index (κ2) is 5.36. The maximum atomic E-state index is 12.4. The molecule has 0 unspecified atom stereocenters. The molecule has 1 N–H and O–H groups in total. The zero-order chi connectivity index (χ0) is 15.0. The number of anilines is 1. The highest BCUT2D eigenvalue weighted by atomic mass is 79.9. The van der Waals surface area contributed by atoms with Crippen LogP contribution in [0.15, 0.2) is 45.3 Å². The summed E-state index contributed by atoms with van der Waals surface area (Å²) in [6, 6.07) is 8.28. The smallest absolute Gasteiger partial charge is 0.262 e. The van der Waals surface area contributed by atoms with Crippen LogP contribution in [0.25, 0.3) is 10.2 Å². The molecule has 0 aliphatic carbocycles. The molecule has 2 heterocycles. The van der Waals surface area contributed by atoms with Gasteiger partial charge < -0.3 is 0 Å². The van der Waals surface area contributed by atoms with Crippen LogP contribution in [-0.4, -0.2) is 18.4 Å². The lowest BCUT2D eigenvalue weighted by Gasteiger charge is -2.09. The Bertz CT molecular complexity index is 922. The number of nitrogens with one attached hydrogen (secondary N) is 1. The summed E-state index contributed by atoms with van der Waals surface area (Å²) in [4.78, 5) is 8.51. The summed E-state index contributed by atoms with van der Waals surface area (Å²) in [5.41, 5.74) is 3.69. The minimum Gasteiger partial charge on any atom is -0.277 e. The summed E-state index contributed by atoms with van der Waals surface area (Å²) in [7, 11) is -3.66. The van der Waals surface area contributed by atoms with E-state index >= 15 is 0 Å². The molecule has 0 bridgehead atoms. The van der Waals surface area contributed by atoms with Gasteiger partial charge in [0.05, 0.1) is 26.3 Å². The van der Waals surface area contributed by atoms with Crippen molar-refractivity contribution < 1.29 is 8.42 Å². The lowest BCUT2D eigenvalue weighted by Crippen LogP contribution is -2.13. The lowest BCUT2D eigenvalue weighted by molar-refractivity contribution is 0.601. The topological polar surface area (TPSA) is 72.0 Å². The standard InChI is InChI=1S/C13H10BrN3O2S2/c1-8-2-4-11(13(14)16-8)17-21(18,19)9-3-5-10-12(6-9)20-7-15-10/h2-7,17H,1H3. The second-order valence-corrected chi connectivity index (χ2v) is 7.70. The first-order valence-corrected chi connectivity index (χ1v) is 9.10. The first-order valence-electron chi connectivity index (χ1n) is 5.95. The van der Waals surface area contributed by atoms with Crippen molar-refractivity contribution in [3.8, 4) is 0 Å². The van der Waals surface area contributed by atoms with Crippen molar-refractivity contribution in [2.45, 2.75) is 11.8 Å². The average Bonchev–Trinajstić information content (AvgIpc) is 2.89. The Balaban J connectivity index is 1.99. The normalized spacial score (nSPS) is 11.7. The van der Waals surface area contributed by atoms with E-state index in [1.165, 1.54) is 11.3 Å². The highest BCUT2D eigenvalue weighted by Gasteiger charge is 2.17. The van der Waals surface area contributed by atoms with Crippen LogP contribution in [-0.2, 0) is 10.0 Å². The SMILES string of the molecule is Cc1ccc(NS(=O)(=O)c2ccc3ncsc3c2)c(Br)n1. The van der Waals surface area contributed by atoms with Gasteiger partial charge in [-0.2, -0.15) is 0 Å². The number of aryl methyl sites for hydroxylation is 1. The van der Waals surface area contributed by atoms with E-state index in [1.807, 2.05) is 6.92 Å². The Morgan fingerprint density at radius 3 is 2.81 bits per heavy atom. The van der Waals surface area contributed by atoms with E-state index in [9.17, 15) is 8.42 Å². The monoisotopic (exact) mass is 383 g/mol. The van der Waals surface area contributed by atoms with E-state index < -0.39 is 10.0 Å². The van der Waals surface area contributed by atoms with Crippen molar-refractivity contribution in [3.63, 3.8) is 0 Å². The molecule has 3 rings (SSSR count). The first-order chi connectivity index (χ1) is 9.95. The minimum atomic E-state index is -3.66. The van der Waals surface area contributed by atoms with Gasteiger partial charge in [0.15, 0.2) is 0 Å². The van der Waals surface area contributed by atoms with Crippen molar-refractivity contribution in [3.05, 3.63) is 46.1 Å². The maximum absolute atomic E-state index is 12.4. The molecule has 0 radical (unpaired) electrons. The zero-order valence-electron chi connectivity index (χ0n) is 10.9. The molecular formula is C13H10BrN3O2S2. The molecule has 21 heavy (non-hydrogen) atoms. The molecule has 0 saturated carbocycles. The van der Waals surface area contributed by atoms with Gasteiger partial charge in [0, 0.05) is 5.69 Å². The Labute approximate surface area is 134 Å². The number of hydrogen-bond donors (Lipinski definition) is 1. The fraction of sp³-hybridized carbons (Fsp3) is 0.0769. The molecule has 0 aliphatic heterocycles. The second-order valence-electron chi connectivity index (χ2n) is 4.38. The van der Waals surface area contributed by atoms with E-state index in [-0.39, 0.29) is 4.90 Å². The summed E-state index contributed by atoms with van der Waals surface area (Å²) in [5.74, 6) is 0. The molecular weight excluding hydrogens is 374 g/mol. The van der Waals surface area contributed by atoms with Gasteiger partial charge in [-0.1, -0.05) is 0 Å². The fourth-order valence-electron chi connectivity index (χ4n) is 1.81. The fourth-order valence-corrected chi connectivity index (χ4v) is 4.33. The van der Waals surface area contributed by atoms with Crippen LogP contribution in [0.1, 0.15) is 5.69 Å². The molecule has 0 aliphatic rings.